The predicted octanol–water partition coefficient (Wildman–Crippen LogP) is 6.76. The van der Waals surface area contributed by atoms with Crippen molar-refractivity contribution in [1.29, 1.82) is 0 Å². The van der Waals surface area contributed by atoms with E-state index in [1.54, 1.807) is 0 Å². The second-order valence-corrected chi connectivity index (χ2v) is 9.05. The number of benzene rings is 2. The molecule has 2 aromatic carbocycles. The van der Waals surface area contributed by atoms with Crippen LogP contribution in [0.25, 0.3) is 0 Å². The lowest BCUT2D eigenvalue weighted by molar-refractivity contribution is 0.637. The first kappa shape index (κ1) is 20.5. The van der Waals surface area contributed by atoms with Gasteiger partial charge >= 0.3 is 0 Å². The SMILES string of the molecule is [B]C(C)CCCC(CCSCc1ccccc1)SCc1ccccc1. The van der Waals surface area contributed by atoms with Crippen molar-refractivity contribution in [2.24, 2.45) is 0 Å². The Morgan fingerprint density at radius 1 is 0.800 bits per heavy atom. The van der Waals surface area contributed by atoms with Crippen LogP contribution in [-0.4, -0.2) is 18.8 Å². The van der Waals surface area contributed by atoms with Gasteiger partial charge in [-0.25, -0.2) is 0 Å². The van der Waals surface area contributed by atoms with E-state index in [-0.39, 0.29) is 0 Å². The molecule has 3 heteroatoms. The van der Waals surface area contributed by atoms with Gasteiger partial charge in [0.1, 0.15) is 0 Å². The Labute approximate surface area is 164 Å². The van der Waals surface area contributed by atoms with Gasteiger partial charge in [0, 0.05) is 16.8 Å². The van der Waals surface area contributed by atoms with Crippen LogP contribution >= 0.6 is 23.5 Å². The molecule has 0 spiro atoms. The van der Waals surface area contributed by atoms with Crippen molar-refractivity contribution < 1.29 is 0 Å². The van der Waals surface area contributed by atoms with Crippen molar-refractivity contribution in [2.45, 2.75) is 55.2 Å². The molecule has 0 aliphatic heterocycles. The summed E-state index contributed by atoms with van der Waals surface area (Å²) in [5.74, 6) is 3.80. The predicted molar refractivity (Wildman–Crippen MR) is 118 cm³/mol. The molecule has 2 unspecified atom stereocenters. The molecule has 0 saturated carbocycles. The molecule has 2 radical (unpaired) electrons. The van der Waals surface area contributed by atoms with E-state index in [0.717, 1.165) is 23.2 Å². The Kier molecular flexibility index (Phi) is 10.3. The zero-order valence-electron chi connectivity index (χ0n) is 15.3. The van der Waals surface area contributed by atoms with Crippen LogP contribution in [0.2, 0.25) is 5.82 Å². The maximum absolute atomic E-state index is 5.92. The summed E-state index contributed by atoms with van der Waals surface area (Å²) in [5, 5.41) is 0.738. The Bertz CT molecular complexity index is 557. The number of hydrogen-bond acceptors (Lipinski definition) is 2. The van der Waals surface area contributed by atoms with Gasteiger partial charge in [0.05, 0.1) is 7.85 Å². The van der Waals surface area contributed by atoms with Crippen LogP contribution in [0, 0.1) is 0 Å². The minimum absolute atomic E-state index is 0.326. The normalized spacial score (nSPS) is 13.5. The van der Waals surface area contributed by atoms with Crippen molar-refractivity contribution in [2.75, 3.05) is 5.75 Å². The second-order valence-electron chi connectivity index (χ2n) is 6.65. The summed E-state index contributed by atoms with van der Waals surface area (Å²) in [6, 6.07) is 21.6. The minimum Gasteiger partial charge on any atom is -0.157 e. The third kappa shape index (κ3) is 9.46. The fourth-order valence-corrected chi connectivity index (χ4v) is 5.16. The maximum Gasteiger partial charge on any atom is 0.0695 e. The molecule has 0 aliphatic carbocycles. The van der Waals surface area contributed by atoms with Gasteiger partial charge in [-0.3, -0.25) is 0 Å². The Morgan fingerprint density at radius 3 is 2.00 bits per heavy atom. The summed E-state index contributed by atoms with van der Waals surface area (Å²) in [4.78, 5) is 0. The van der Waals surface area contributed by atoms with Crippen molar-refractivity contribution in [3.05, 3.63) is 71.8 Å². The van der Waals surface area contributed by atoms with Crippen molar-refractivity contribution in [3.8, 4) is 0 Å². The van der Waals surface area contributed by atoms with E-state index in [0.29, 0.717) is 5.82 Å². The first-order valence-corrected chi connectivity index (χ1v) is 11.5. The van der Waals surface area contributed by atoms with Crippen molar-refractivity contribution >= 4 is 31.4 Å². The van der Waals surface area contributed by atoms with E-state index in [4.69, 9.17) is 7.85 Å². The van der Waals surface area contributed by atoms with Crippen LogP contribution in [0.4, 0.5) is 0 Å². The summed E-state index contributed by atoms with van der Waals surface area (Å²) in [7, 11) is 5.92. The quantitative estimate of drug-likeness (QED) is 0.300. The summed E-state index contributed by atoms with van der Waals surface area (Å²) in [6.07, 6.45) is 4.95. The van der Waals surface area contributed by atoms with E-state index >= 15 is 0 Å². The zero-order chi connectivity index (χ0) is 17.7. The van der Waals surface area contributed by atoms with Crippen molar-refractivity contribution in [3.63, 3.8) is 0 Å². The molecule has 0 nitrogen and oxygen atoms in total. The number of hydrogen-bond donors (Lipinski definition) is 0. The fraction of sp³-hybridized carbons (Fsp3) is 0.455. The Balaban J connectivity index is 1.72. The topological polar surface area (TPSA) is 0 Å². The molecular formula is C22H29BS2. The van der Waals surface area contributed by atoms with Gasteiger partial charge in [-0.15, -0.1) is 0 Å². The van der Waals surface area contributed by atoms with Gasteiger partial charge in [-0.05, 0) is 29.7 Å². The van der Waals surface area contributed by atoms with Gasteiger partial charge < -0.3 is 0 Å². The summed E-state index contributed by atoms with van der Waals surface area (Å²) < 4.78 is 0. The maximum atomic E-state index is 5.92. The third-order valence-corrected chi connectivity index (χ3v) is 6.71. The third-order valence-electron chi connectivity index (χ3n) is 4.21. The molecular weight excluding hydrogens is 339 g/mol. The highest BCUT2D eigenvalue weighted by atomic mass is 32.2. The molecule has 0 fully saturated rings. The lowest BCUT2D eigenvalue weighted by Crippen LogP contribution is -2.06. The van der Waals surface area contributed by atoms with Crippen LogP contribution in [0.5, 0.6) is 0 Å². The van der Waals surface area contributed by atoms with Crippen LogP contribution < -0.4 is 0 Å². The second kappa shape index (κ2) is 12.5. The molecule has 0 N–H and O–H groups in total. The Morgan fingerprint density at radius 2 is 1.40 bits per heavy atom. The van der Waals surface area contributed by atoms with Gasteiger partial charge in [0.25, 0.3) is 0 Å². The molecule has 25 heavy (non-hydrogen) atoms. The van der Waals surface area contributed by atoms with Crippen LogP contribution in [0.1, 0.15) is 43.7 Å². The zero-order valence-corrected chi connectivity index (χ0v) is 16.9. The van der Waals surface area contributed by atoms with Gasteiger partial charge in [0.15, 0.2) is 0 Å². The molecule has 132 valence electrons. The van der Waals surface area contributed by atoms with E-state index in [1.807, 2.05) is 0 Å². The largest absolute Gasteiger partial charge is 0.157 e. The summed E-state index contributed by atoms with van der Waals surface area (Å²) in [6.45, 7) is 2.11. The van der Waals surface area contributed by atoms with Crippen LogP contribution in [0.3, 0.4) is 0 Å². The highest BCUT2D eigenvalue weighted by Crippen LogP contribution is 2.27. The minimum atomic E-state index is 0.326. The molecule has 0 heterocycles. The summed E-state index contributed by atoms with van der Waals surface area (Å²) in [5.41, 5.74) is 2.86. The molecule has 2 rings (SSSR count). The first-order valence-electron chi connectivity index (χ1n) is 9.27. The standard InChI is InChI=1S/C22H29BS2/c1-19(23)9-8-14-22(25-18-21-12-6-3-7-13-21)15-16-24-17-20-10-4-2-5-11-20/h2-7,10-13,19,22H,8-9,14-18H2,1H3. The molecule has 2 atom stereocenters. The van der Waals surface area contributed by atoms with E-state index in [9.17, 15) is 0 Å². The summed E-state index contributed by atoms with van der Waals surface area (Å²) >= 11 is 4.18. The lowest BCUT2D eigenvalue weighted by Gasteiger charge is -2.17. The monoisotopic (exact) mass is 368 g/mol. The average Bonchev–Trinajstić information content (AvgIpc) is 2.64. The highest BCUT2D eigenvalue weighted by molar-refractivity contribution is 7.99. The fourth-order valence-electron chi connectivity index (χ4n) is 2.75. The van der Waals surface area contributed by atoms with E-state index in [1.165, 1.54) is 36.1 Å². The number of thioether (sulfide) groups is 2. The lowest BCUT2D eigenvalue weighted by atomic mass is 9.85. The van der Waals surface area contributed by atoms with E-state index < -0.39 is 0 Å². The van der Waals surface area contributed by atoms with Gasteiger partial charge in [-0.1, -0.05) is 86.2 Å². The molecule has 0 aromatic heterocycles. The highest BCUT2D eigenvalue weighted by Gasteiger charge is 2.10. The molecule has 2 aromatic rings. The number of rotatable bonds is 12. The molecule has 0 saturated heterocycles. The van der Waals surface area contributed by atoms with Crippen LogP contribution in [-0.2, 0) is 11.5 Å². The average molecular weight is 368 g/mol. The van der Waals surface area contributed by atoms with Crippen molar-refractivity contribution in [1.82, 2.24) is 0 Å². The van der Waals surface area contributed by atoms with Gasteiger partial charge in [-0.2, -0.15) is 23.5 Å². The smallest absolute Gasteiger partial charge is 0.0695 e. The molecule has 0 amide bonds. The Hall–Kier alpha value is -0.795. The van der Waals surface area contributed by atoms with Gasteiger partial charge in [0.2, 0.25) is 0 Å². The molecule has 0 bridgehead atoms. The molecule has 0 aliphatic rings. The van der Waals surface area contributed by atoms with E-state index in [2.05, 4.69) is 91.1 Å². The first-order chi connectivity index (χ1) is 12.2. The van der Waals surface area contributed by atoms with Crippen LogP contribution in [0.15, 0.2) is 60.7 Å².